The molecule has 0 unspecified atom stereocenters. The SMILES string of the molecule is O=C1C[C@H](C(=O)N2CCN(c3ccccc3F)CC2)CN1CCc1ccc(F)cc1. The van der Waals surface area contributed by atoms with Crippen LogP contribution in [-0.2, 0) is 16.0 Å². The van der Waals surface area contributed by atoms with Crippen molar-refractivity contribution in [2.45, 2.75) is 12.8 Å². The van der Waals surface area contributed by atoms with E-state index in [4.69, 9.17) is 0 Å². The Balaban J connectivity index is 1.28. The van der Waals surface area contributed by atoms with Gasteiger partial charge in [-0.1, -0.05) is 24.3 Å². The topological polar surface area (TPSA) is 43.9 Å². The Labute approximate surface area is 174 Å². The van der Waals surface area contributed by atoms with Crippen molar-refractivity contribution in [3.63, 3.8) is 0 Å². The largest absolute Gasteiger partial charge is 0.366 e. The lowest BCUT2D eigenvalue weighted by molar-refractivity contribution is -0.136. The summed E-state index contributed by atoms with van der Waals surface area (Å²) in [6.07, 6.45) is 0.865. The Morgan fingerprint density at radius 1 is 0.967 bits per heavy atom. The third kappa shape index (κ3) is 4.45. The fraction of sp³-hybridized carbons (Fsp3) is 0.391. The van der Waals surface area contributed by atoms with Gasteiger partial charge >= 0.3 is 0 Å². The molecule has 5 nitrogen and oxygen atoms in total. The molecule has 4 rings (SSSR count). The molecule has 7 heteroatoms. The van der Waals surface area contributed by atoms with E-state index in [0.29, 0.717) is 51.4 Å². The van der Waals surface area contributed by atoms with Crippen LogP contribution >= 0.6 is 0 Å². The minimum atomic E-state index is -0.328. The first kappa shape index (κ1) is 20.3. The first-order valence-corrected chi connectivity index (χ1v) is 10.3. The standard InChI is InChI=1S/C23H25F2N3O2/c24-19-7-5-17(6-8-19)9-10-28-16-18(15-22(28)29)23(30)27-13-11-26(12-14-27)21-4-2-1-3-20(21)25/h1-8,18H,9-16H2/t18-/m0/s1. The van der Waals surface area contributed by atoms with Crippen LogP contribution in [0.2, 0.25) is 0 Å². The second-order valence-corrected chi connectivity index (χ2v) is 7.88. The molecule has 2 saturated heterocycles. The number of hydrogen-bond acceptors (Lipinski definition) is 3. The highest BCUT2D eigenvalue weighted by molar-refractivity contribution is 5.89. The van der Waals surface area contributed by atoms with E-state index in [0.717, 1.165) is 5.56 Å². The number of nitrogens with zero attached hydrogens (tertiary/aromatic N) is 3. The van der Waals surface area contributed by atoms with E-state index < -0.39 is 0 Å². The second kappa shape index (κ2) is 8.81. The molecular formula is C23H25F2N3O2. The molecule has 2 aliphatic heterocycles. The molecule has 0 spiro atoms. The third-order valence-corrected chi connectivity index (χ3v) is 5.93. The number of carbonyl (C=O) groups excluding carboxylic acids is 2. The van der Waals surface area contributed by atoms with E-state index >= 15 is 0 Å². The zero-order chi connectivity index (χ0) is 21.1. The van der Waals surface area contributed by atoms with E-state index in [9.17, 15) is 18.4 Å². The fourth-order valence-electron chi connectivity index (χ4n) is 4.20. The first-order valence-electron chi connectivity index (χ1n) is 10.3. The average Bonchev–Trinajstić information content (AvgIpc) is 3.14. The molecule has 1 atom stereocenters. The minimum absolute atomic E-state index is 0.000755. The summed E-state index contributed by atoms with van der Waals surface area (Å²) >= 11 is 0. The van der Waals surface area contributed by atoms with Crippen LogP contribution in [0, 0.1) is 17.6 Å². The molecule has 158 valence electrons. The lowest BCUT2D eigenvalue weighted by Gasteiger charge is -2.37. The van der Waals surface area contributed by atoms with Gasteiger partial charge in [0.2, 0.25) is 11.8 Å². The number of hydrogen-bond donors (Lipinski definition) is 0. The number of para-hydroxylation sites is 1. The van der Waals surface area contributed by atoms with Gasteiger partial charge in [-0.2, -0.15) is 0 Å². The second-order valence-electron chi connectivity index (χ2n) is 7.88. The predicted octanol–water partition coefficient (Wildman–Crippen LogP) is 2.70. The maximum absolute atomic E-state index is 14.0. The number of likely N-dealkylation sites (tertiary alicyclic amines) is 1. The molecule has 2 fully saturated rings. The van der Waals surface area contributed by atoms with Gasteiger partial charge in [-0.15, -0.1) is 0 Å². The van der Waals surface area contributed by atoms with Gasteiger partial charge in [0, 0.05) is 45.7 Å². The summed E-state index contributed by atoms with van der Waals surface area (Å²) < 4.78 is 27.0. The number of rotatable bonds is 5. The Morgan fingerprint density at radius 3 is 2.37 bits per heavy atom. The van der Waals surface area contributed by atoms with Crippen molar-refractivity contribution < 1.29 is 18.4 Å². The van der Waals surface area contributed by atoms with E-state index in [1.165, 1.54) is 18.2 Å². The number of benzene rings is 2. The van der Waals surface area contributed by atoms with Crippen molar-refractivity contribution in [1.29, 1.82) is 0 Å². The zero-order valence-electron chi connectivity index (χ0n) is 16.8. The molecule has 2 aromatic carbocycles. The number of piperazine rings is 1. The van der Waals surface area contributed by atoms with Gasteiger partial charge in [0.15, 0.2) is 0 Å². The summed E-state index contributed by atoms with van der Waals surface area (Å²) in [7, 11) is 0. The van der Waals surface area contributed by atoms with Crippen LogP contribution in [0.1, 0.15) is 12.0 Å². The van der Waals surface area contributed by atoms with Crippen LogP contribution in [0.25, 0.3) is 0 Å². The van der Waals surface area contributed by atoms with Crippen LogP contribution in [-0.4, -0.2) is 60.9 Å². The number of amides is 2. The molecule has 0 saturated carbocycles. The van der Waals surface area contributed by atoms with E-state index in [-0.39, 0.29) is 35.8 Å². The highest BCUT2D eigenvalue weighted by Crippen LogP contribution is 2.24. The number of halogens is 2. The molecule has 0 radical (unpaired) electrons. The Kier molecular flexibility index (Phi) is 5.97. The van der Waals surface area contributed by atoms with Crippen LogP contribution in [0.3, 0.4) is 0 Å². The maximum Gasteiger partial charge on any atom is 0.228 e. The molecule has 0 aromatic heterocycles. The molecule has 0 N–H and O–H groups in total. The van der Waals surface area contributed by atoms with Crippen molar-refractivity contribution >= 4 is 17.5 Å². The van der Waals surface area contributed by atoms with Crippen molar-refractivity contribution in [3.8, 4) is 0 Å². The molecule has 0 bridgehead atoms. The first-order chi connectivity index (χ1) is 14.5. The van der Waals surface area contributed by atoms with Gasteiger partial charge in [0.1, 0.15) is 11.6 Å². The normalized spacial score (nSPS) is 19.5. The molecule has 2 aliphatic rings. The summed E-state index contributed by atoms with van der Waals surface area (Å²) in [5.41, 5.74) is 1.52. The summed E-state index contributed by atoms with van der Waals surface area (Å²) in [5, 5.41) is 0. The average molecular weight is 413 g/mol. The van der Waals surface area contributed by atoms with Gasteiger partial charge in [0.05, 0.1) is 11.6 Å². The lowest BCUT2D eigenvalue weighted by Crippen LogP contribution is -2.51. The van der Waals surface area contributed by atoms with E-state index in [1.807, 2.05) is 4.90 Å². The van der Waals surface area contributed by atoms with Crippen LogP contribution in [0.5, 0.6) is 0 Å². The van der Waals surface area contributed by atoms with Crippen molar-refractivity contribution in [2.75, 3.05) is 44.2 Å². The summed E-state index contributed by atoms with van der Waals surface area (Å²) in [6, 6.07) is 12.9. The summed E-state index contributed by atoms with van der Waals surface area (Å²) in [5.74, 6) is -0.876. The molecule has 30 heavy (non-hydrogen) atoms. The van der Waals surface area contributed by atoms with Gasteiger partial charge in [-0.3, -0.25) is 9.59 Å². The van der Waals surface area contributed by atoms with E-state index in [1.54, 1.807) is 40.1 Å². The lowest BCUT2D eigenvalue weighted by atomic mass is 10.1. The molecule has 2 amide bonds. The van der Waals surface area contributed by atoms with Gasteiger partial charge in [-0.25, -0.2) is 8.78 Å². The monoisotopic (exact) mass is 413 g/mol. The predicted molar refractivity (Wildman–Crippen MR) is 110 cm³/mol. The molecule has 2 aromatic rings. The quantitative estimate of drug-likeness (QED) is 0.757. The molecular weight excluding hydrogens is 388 g/mol. The highest BCUT2D eigenvalue weighted by Gasteiger charge is 2.37. The van der Waals surface area contributed by atoms with Gasteiger partial charge in [-0.05, 0) is 36.2 Å². The number of anilines is 1. The fourth-order valence-corrected chi connectivity index (χ4v) is 4.20. The van der Waals surface area contributed by atoms with Crippen LogP contribution in [0.4, 0.5) is 14.5 Å². The Hall–Kier alpha value is -2.96. The van der Waals surface area contributed by atoms with E-state index in [2.05, 4.69) is 0 Å². The Morgan fingerprint density at radius 2 is 1.67 bits per heavy atom. The third-order valence-electron chi connectivity index (χ3n) is 5.93. The van der Waals surface area contributed by atoms with Gasteiger partial charge in [0.25, 0.3) is 0 Å². The molecule has 0 aliphatic carbocycles. The summed E-state index contributed by atoms with van der Waals surface area (Å²) in [6.45, 7) is 3.13. The Bertz CT molecular complexity index is 911. The molecule has 2 heterocycles. The zero-order valence-corrected chi connectivity index (χ0v) is 16.8. The number of carbonyl (C=O) groups is 2. The smallest absolute Gasteiger partial charge is 0.228 e. The minimum Gasteiger partial charge on any atom is -0.366 e. The summed E-state index contributed by atoms with van der Waals surface area (Å²) in [4.78, 5) is 30.8. The maximum atomic E-state index is 14.0. The van der Waals surface area contributed by atoms with Crippen LogP contribution in [0.15, 0.2) is 48.5 Å². The van der Waals surface area contributed by atoms with Crippen molar-refractivity contribution in [1.82, 2.24) is 9.80 Å². The van der Waals surface area contributed by atoms with Crippen LogP contribution < -0.4 is 4.90 Å². The highest BCUT2D eigenvalue weighted by atomic mass is 19.1. The van der Waals surface area contributed by atoms with Crippen molar-refractivity contribution in [2.24, 2.45) is 5.92 Å². The van der Waals surface area contributed by atoms with Gasteiger partial charge < -0.3 is 14.7 Å². The van der Waals surface area contributed by atoms with Crippen molar-refractivity contribution in [3.05, 3.63) is 65.7 Å².